The van der Waals surface area contributed by atoms with E-state index < -0.39 is 11.7 Å². The zero-order chi connectivity index (χ0) is 23.8. The summed E-state index contributed by atoms with van der Waals surface area (Å²) < 4.78 is 6.90. The standard InChI is InChI=1S/C24H28N6O3/c1-23(2,3)33-22(32)28-24(4)7-9-29(10-8-24)20-6-5-16(13-26-20)19-11-18(31)15-30-21(19)17(12-25)14-27-30/h5-6,11,13-15,31H,7-10H2,1-4H3,(H,28,32). The first-order valence-corrected chi connectivity index (χ1v) is 10.9. The Balaban J connectivity index is 1.47. The Labute approximate surface area is 192 Å². The lowest BCUT2D eigenvalue weighted by atomic mass is 9.90. The van der Waals surface area contributed by atoms with Gasteiger partial charge in [0.2, 0.25) is 0 Å². The van der Waals surface area contributed by atoms with Crippen molar-refractivity contribution < 1.29 is 14.6 Å². The summed E-state index contributed by atoms with van der Waals surface area (Å²) in [4.78, 5) is 19.0. The second-order valence-electron chi connectivity index (χ2n) is 9.65. The Bertz CT molecular complexity index is 1210. The molecule has 0 saturated carbocycles. The maximum absolute atomic E-state index is 12.2. The number of fused-ring (bicyclic) bond motifs is 1. The summed E-state index contributed by atoms with van der Waals surface area (Å²) in [6.07, 6.45) is 5.84. The molecule has 4 rings (SSSR count). The summed E-state index contributed by atoms with van der Waals surface area (Å²) in [5.41, 5.74) is 1.68. The highest BCUT2D eigenvalue weighted by atomic mass is 16.6. The Morgan fingerprint density at radius 1 is 1.27 bits per heavy atom. The number of carbonyl (C=O) groups is 1. The largest absolute Gasteiger partial charge is 0.506 e. The molecule has 0 aromatic carbocycles. The van der Waals surface area contributed by atoms with E-state index in [9.17, 15) is 15.2 Å². The molecular weight excluding hydrogens is 420 g/mol. The van der Waals surface area contributed by atoms with Gasteiger partial charge < -0.3 is 20.1 Å². The lowest BCUT2D eigenvalue weighted by molar-refractivity contribution is 0.0448. The minimum absolute atomic E-state index is 0.0574. The summed E-state index contributed by atoms with van der Waals surface area (Å²) in [6, 6.07) is 7.62. The van der Waals surface area contributed by atoms with Crippen molar-refractivity contribution in [3.8, 4) is 22.9 Å². The smallest absolute Gasteiger partial charge is 0.408 e. The third-order valence-electron chi connectivity index (χ3n) is 5.77. The number of aromatic nitrogens is 3. The monoisotopic (exact) mass is 448 g/mol. The Kier molecular flexibility index (Phi) is 5.62. The normalized spacial score (nSPS) is 15.8. The molecule has 0 radical (unpaired) electrons. The van der Waals surface area contributed by atoms with Crippen LogP contribution in [0.5, 0.6) is 5.75 Å². The number of anilines is 1. The molecule has 0 atom stereocenters. The highest BCUT2D eigenvalue weighted by Crippen LogP contribution is 2.32. The number of rotatable bonds is 3. The second-order valence-corrected chi connectivity index (χ2v) is 9.65. The number of piperidine rings is 1. The molecule has 1 fully saturated rings. The summed E-state index contributed by atoms with van der Waals surface area (Å²) >= 11 is 0. The lowest BCUT2D eigenvalue weighted by Gasteiger charge is -2.40. The maximum Gasteiger partial charge on any atom is 0.408 e. The molecule has 2 N–H and O–H groups in total. The first-order valence-electron chi connectivity index (χ1n) is 10.9. The number of carbonyl (C=O) groups excluding carboxylic acids is 1. The molecule has 1 aliphatic rings. The van der Waals surface area contributed by atoms with E-state index in [2.05, 4.69) is 26.4 Å². The van der Waals surface area contributed by atoms with E-state index in [0.717, 1.165) is 37.3 Å². The molecule has 33 heavy (non-hydrogen) atoms. The molecule has 3 aromatic heterocycles. The van der Waals surface area contributed by atoms with E-state index in [1.54, 1.807) is 12.3 Å². The number of ether oxygens (including phenoxy) is 1. The van der Waals surface area contributed by atoms with Crippen molar-refractivity contribution in [3.63, 3.8) is 0 Å². The van der Waals surface area contributed by atoms with Crippen LogP contribution in [0, 0.1) is 11.3 Å². The average molecular weight is 449 g/mol. The van der Waals surface area contributed by atoms with E-state index in [4.69, 9.17) is 4.74 Å². The number of nitrogens with one attached hydrogen (secondary N) is 1. The summed E-state index contributed by atoms with van der Waals surface area (Å²) in [5, 5.41) is 26.7. The highest BCUT2D eigenvalue weighted by Gasteiger charge is 2.33. The fourth-order valence-corrected chi connectivity index (χ4v) is 4.05. The van der Waals surface area contributed by atoms with Gasteiger partial charge in [-0.05, 0) is 58.7 Å². The molecular formula is C24H28N6O3. The van der Waals surface area contributed by atoms with E-state index in [1.807, 2.05) is 39.8 Å². The van der Waals surface area contributed by atoms with Crippen LogP contribution in [-0.4, -0.2) is 50.0 Å². The number of nitriles is 1. The van der Waals surface area contributed by atoms with E-state index in [-0.39, 0.29) is 11.3 Å². The first-order chi connectivity index (χ1) is 15.6. The summed E-state index contributed by atoms with van der Waals surface area (Å²) in [7, 11) is 0. The molecule has 0 aliphatic carbocycles. The van der Waals surface area contributed by atoms with Gasteiger partial charge in [-0.15, -0.1) is 0 Å². The van der Waals surface area contributed by atoms with Gasteiger partial charge in [-0.25, -0.2) is 14.3 Å². The van der Waals surface area contributed by atoms with Crippen LogP contribution in [0.4, 0.5) is 10.6 Å². The Hall–Kier alpha value is -3.80. The minimum atomic E-state index is -0.529. The number of amides is 1. The predicted octanol–water partition coefficient (Wildman–Crippen LogP) is 3.86. The molecule has 1 saturated heterocycles. The maximum atomic E-state index is 12.2. The van der Waals surface area contributed by atoms with Gasteiger partial charge in [-0.3, -0.25) is 0 Å². The number of hydrogen-bond donors (Lipinski definition) is 2. The van der Waals surface area contributed by atoms with Crippen LogP contribution in [0.1, 0.15) is 46.1 Å². The Morgan fingerprint density at radius 2 is 2.00 bits per heavy atom. The van der Waals surface area contributed by atoms with Crippen LogP contribution >= 0.6 is 0 Å². The number of nitrogens with zero attached hydrogens (tertiary/aromatic N) is 5. The number of pyridine rings is 2. The van der Waals surface area contributed by atoms with Crippen molar-refractivity contribution in [1.82, 2.24) is 19.9 Å². The highest BCUT2D eigenvalue weighted by molar-refractivity contribution is 5.85. The minimum Gasteiger partial charge on any atom is -0.506 e. The fourth-order valence-electron chi connectivity index (χ4n) is 4.05. The van der Waals surface area contributed by atoms with Crippen LogP contribution in [0.2, 0.25) is 0 Å². The molecule has 1 amide bonds. The van der Waals surface area contributed by atoms with Gasteiger partial charge in [-0.2, -0.15) is 10.4 Å². The number of aromatic hydroxyl groups is 1. The van der Waals surface area contributed by atoms with Gasteiger partial charge in [0.25, 0.3) is 0 Å². The van der Waals surface area contributed by atoms with Gasteiger partial charge in [0.15, 0.2) is 0 Å². The van der Waals surface area contributed by atoms with Gasteiger partial charge >= 0.3 is 6.09 Å². The van der Waals surface area contributed by atoms with Crippen molar-refractivity contribution in [2.45, 2.75) is 51.7 Å². The molecule has 3 aromatic rings. The lowest BCUT2D eigenvalue weighted by Crippen LogP contribution is -2.54. The van der Waals surface area contributed by atoms with Gasteiger partial charge in [-0.1, -0.05) is 0 Å². The van der Waals surface area contributed by atoms with Crippen LogP contribution in [0.3, 0.4) is 0 Å². The van der Waals surface area contributed by atoms with E-state index in [1.165, 1.54) is 16.9 Å². The van der Waals surface area contributed by atoms with Crippen molar-refractivity contribution in [3.05, 3.63) is 42.4 Å². The van der Waals surface area contributed by atoms with Gasteiger partial charge in [0.1, 0.15) is 23.2 Å². The SMILES string of the molecule is CC1(NC(=O)OC(C)(C)C)CCN(c2ccc(-c3cc(O)cn4ncc(C#N)c34)cn2)CC1. The molecule has 0 unspecified atom stereocenters. The van der Waals surface area contributed by atoms with Gasteiger partial charge in [0.05, 0.1) is 23.5 Å². The van der Waals surface area contributed by atoms with Crippen LogP contribution in [0.25, 0.3) is 16.6 Å². The summed E-state index contributed by atoms with van der Waals surface area (Å²) in [6.45, 7) is 9.08. The molecule has 172 valence electrons. The van der Waals surface area contributed by atoms with Gasteiger partial charge in [0, 0.05) is 36.0 Å². The molecule has 9 nitrogen and oxygen atoms in total. The third kappa shape index (κ3) is 4.85. The Morgan fingerprint density at radius 3 is 2.61 bits per heavy atom. The van der Waals surface area contributed by atoms with Crippen LogP contribution in [0.15, 0.2) is 36.8 Å². The molecule has 9 heteroatoms. The van der Waals surface area contributed by atoms with Crippen molar-refractivity contribution in [2.24, 2.45) is 0 Å². The van der Waals surface area contributed by atoms with Crippen molar-refractivity contribution in [1.29, 1.82) is 5.26 Å². The molecule has 0 spiro atoms. The fraction of sp³-hybridized carbons (Fsp3) is 0.417. The van der Waals surface area contributed by atoms with E-state index >= 15 is 0 Å². The van der Waals surface area contributed by atoms with Crippen LogP contribution in [-0.2, 0) is 4.74 Å². The van der Waals surface area contributed by atoms with Crippen molar-refractivity contribution in [2.75, 3.05) is 18.0 Å². The molecule has 0 bridgehead atoms. The molecule has 1 aliphatic heterocycles. The van der Waals surface area contributed by atoms with E-state index in [0.29, 0.717) is 16.6 Å². The molecule has 4 heterocycles. The second kappa shape index (κ2) is 8.28. The third-order valence-corrected chi connectivity index (χ3v) is 5.77. The zero-order valence-corrected chi connectivity index (χ0v) is 19.3. The first kappa shape index (κ1) is 22.4. The predicted molar refractivity (Wildman–Crippen MR) is 124 cm³/mol. The summed E-state index contributed by atoms with van der Waals surface area (Å²) in [5.74, 6) is 0.894. The number of alkyl carbamates (subject to hydrolysis) is 1. The van der Waals surface area contributed by atoms with Crippen molar-refractivity contribution >= 4 is 17.4 Å². The quantitative estimate of drug-likeness (QED) is 0.625. The van der Waals surface area contributed by atoms with Crippen LogP contribution < -0.4 is 10.2 Å². The topological polar surface area (TPSA) is 116 Å². The average Bonchev–Trinajstić information content (AvgIpc) is 3.15. The number of hydrogen-bond acceptors (Lipinski definition) is 7. The zero-order valence-electron chi connectivity index (χ0n) is 19.3.